The van der Waals surface area contributed by atoms with Gasteiger partial charge in [0, 0.05) is 0 Å². The Bertz CT molecular complexity index is 258. The predicted octanol–water partition coefficient (Wildman–Crippen LogP) is 1.02. The van der Waals surface area contributed by atoms with Gasteiger partial charge in [0.2, 0.25) is 10.0 Å². The molecular weight excluding hydrogens is 174 g/mol. The van der Waals surface area contributed by atoms with Crippen LogP contribution in [0.15, 0.2) is 12.7 Å². The van der Waals surface area contributed by atoms with Crippen molar-refractivity contribution in [1.82, 2.24) is 0 Å². The van der Waals surface area contributed by atoms with Crippen LogP contribution < -0.4 is 5.14 Å². The lowest BCUT2D eigenvalue weighted by atomic mass is 9.89. The number of hydrogen-bond acceptors (Lipinski definition) is 2. The van der Waals surface area contributed by atoms with E-state index in [1.165, 1.54) is 0 Å². The standard InChI is InChI=1S/C8H15NO2S/c1-2-7-4-3-5-8(6-7)12(9,10)11/h2,7-8H,1,3-6H2,(H2,9,10,11). The Balaban J connectivity index is 2.64. The fourth-order valence-corrected chi connectivity index (χ4v) is 2.70. The molecule has 0 spiro atoms. The van der Waals surface area contributed by atoms with Gasteiger partial charge in [0.25, 0.3) is 0 Å². The second kappa shape index (κ2) is 3.58. The van der Waals surface area contributed by atoms with Gasteiger partial charge in [-0.15, -0.1) is 6.58 Å². The minimum absolute atomic E-state index is 0.335. The Kier molecular flexibility index (Phi) is 2.90. The average Bonchev–Trinajstić information content (AvgIpc) is 2.03. The van der Waals surface area contributed by atoms with Crippen LogP contribution in [0.4, 0.5) is 0 Å². The van der Waals surface area contributed by atoms with Crippen LogP contribution >= 0.6 is 0 Å². The first-order chi connectivity index (χ1) is 5.54. The largest absolute Gasteiger partial charge is 0.228 e. The molecule has 1 rings (SSSR count). The maximum atomic E-state index is 11.0. The fraction of sp³-hybridized carbons (Fsp3) is 0.750. The van der Waals surface area contributed by atoms with Gasteiger partial charge in [-0.3, -0.25) is 0 Å². The molecule has 2 unspecified atom stereocenters. The van der Waals surface area contributed by atoms with Gasteiger partial charge in [-0.1, -0.05) is 12.5 Å². The molecule has 0 heterocycles. The van der Waals surface area contributed by atoms with E-state index in [1.54, 1.807) is 0 Å². The molecule has 12 heavy (non-hydrogen) atoms. The summed E-state index contributed by atoms with van der Waals surface area (Å²) < 4.78 is 22.0. The van der Waals surface area contributed by atoms with Gasteiger partial charge in [-0.05, 0) is 25.2 Å². The topological polar surface area (TPSA) is 60.2 Å². The average molecular weight is 189 g/mol. The summed E-state index contributed by atoms with van der Waals surface area (Å²) >= 11 is 0. The molecule has 0 aromatic rings. The Morgan fingerprint density at radius 1 is 1.42 bits per heavy atom. The van der Waals surface area contributed by atoms with E-state index in [4.69, 9.17) is 5.14 Å². The SMILES string of the molecule is C=CC1CCCC(S(N)(=O)=O)C1. The van der Waals surface area contributed by atoms with Crippen molar-refractivity contribution in [3.8, 4) is 0 Å². The molecule has 0 bridgehead atoms. The van der Waals surface area contributed by atoms with E-state index in [9.17, 15) is 8.42 Å². The van der Waals surface area contributed by atoms with Gasteiger partial charge in [0.15, 0.2) is 0 Å². The number of allylic oxidation sites excluding steroid dienone is 1. The van der Waals surface area contributed by atoms with Gasteiger partial charge < -0.3 is 0 Å². The Morgan fingerprint density at radius 2 is 2.08 bits per heavy atom. The van der Waals surface area contributed by atoms with Gasteiger partial charge >= 0.3 is 0 Å². The molecule has 3 nitrogen and oxygen atoms in total. The third-order valence-electron chi connectivity index (χ3n) is 2.46. The first-order valence-electron chi connectivity index (χ1n) is 4.18. The highest BCUT2D eigenvalue weighted by atomic mass is 32.2. The van der Waals surface area contributed by atoms with Crippen LogP contribution in [0, 0.1) is 5.92 Å². The zero-order chi connectivity index (χ0) is 9.19. The lowest BCUT2D eigenvalue weighted by Gasteiger charge is -2.25. The minimum atomic E-state index is -3.32. The van der Waals surface area contributed by atoms with Crippen LogP contribution in [0.2, 0.25) is 0 Å². The van der Waals surface area contributed by atoms with Crippen LogP contribution in [0.1, 0.15) is 25.7 Å². The first kappa shape index (κ1) is 9.74. The zero-order valence-electron chi connectivity index (χ0n) is 7.07. The normalized spacial score (nSPS) is 31.4. The molecule has 0 saturated heterocycles. The van der Waals surface area contributed by atoms with E-state index in [0.717, 1.165) is 12.8 Å². The summed E-state index contributed by atoms with van der Waals surface area (Å²) in [6.07, 6.45) is 5.19. The molecule has 2 atom stereocenters. The fourth-order valence-electron chi connectivity index (χ4n) is 1.69. The van der Waals surface area contributed by atoms with Crippen LogP contribution in [0.3, 0.4) is 0 Å². The van der Waals surface area contributed by atoms with E-state index in [2.05, 4.69) is 6.58 Å². The number of hydrogen-bond donors (Lipinski definition) is 1. The van der Waals surface area contributed by atoms with Crippen LogP contribution in [-0.4, -0.2) is 13.7 Å². The number of nitrogens with two attached hydrogens (primary N) is 1. The zero-order valence-corrected chi connectivity index (χ0v) is 7.89. The van der Waals surface area contributed by atoms with Crippen molar-refractivity contribution in [2.24, 2.45) is 11.1 Å². The molecular formula is C8H15NO2S. The molecule has 0 radical (unpaired) electrons. The molecule has 1 aliphatic rings. The smallest absolute Gasteiger partial charge is 0.211 e. The van der Waals surface area contributed by atoms with E-state index < -0.39 is 10.0 Å². The van der Waals surface area contributed by atoms with Gasteiger partial charge in [0.05, 0.1) is 5.25 Å². The van der Waals surface area contributed by atoms with Crippen molar-refractivity contribution in [2.75, 3.05) is 0 Å². The van der Waals surface area contributed by atoms with Gasteiger partial charge in [-0.2, -0.15) is 0 Å². The maximum Gasteiger partial charge on any atom is 0.211 e. The highest BCUT2D eigenvalue weighted by Gasteiger charge is 2.27. The molecule has 1 fully saturated rings. The number of primary sulfonamides is 1. The number of rotatable bonds is 2. The van der Waals surface area contributed by atoms with Crippen LogP contribution in [0.25, 0.3) is 0 Å². The van der Waals surface area contributed by atoms with Gasteiger partial charge in [-0.25, -0.2) is 13.6 Å². The molecule has 1 saturated carbocycles. The molecule has 2 N–H and O–H groups in total. The van der Waals surface area contributed by atoms with Crippen LogP contribution in [-0.2, 0) is 10.0 Å². The van der Waals surface area contributed by atoms with Crippen molar-refractivity contribution in [1.29, 1.82) is 0 Å². The third-order valence-corrected chi connectivity index (χ3v) is 3.82. The highest BCUT2D eigenvalue weighted by molar-refractivity contribution is 7.89. The summed E-state index contributed by atoms with van der Waals surface area (Å²) in [6.45, 7) is 3.67. The lowest BCUT2D eigenvalue weighted by molar-refractivity contribution is 0.414. The van der Waals surface area contributed by atoms with Crippen molar-refractivity contribution in [3.05, 3.63) is 12.7 Å². The third kappa shape index (κ3) is 2.32. The first-order valence-corrected chi connectivity index (χ1v) is 5.79. The summed E-state index contributed by atoms with van der Waals surface area (Å²) in [5, 5.41) is 4.73. The summed E-state index contributed by atoms with van der Waals surface area (Å²) in [4.78, 5) is 0. The van der Waals surface area contributed by atoms with Crippen molar-refractivity contribution >= 4 is 10.0 Å². The summed E-state index contributed by atoms with van der Waals surface area (Å²) in [5.74, 6) is 0.335. The second-order valence-corrected chi connectivity index (χ2v) is 5.22. The number of sulfonamides is 1. The molecule has 70 valence electrons. The second-order valence-electron chi connectivity index (χ2n) is 3.37. The van der Waals surface area contributed by atoms with E-state index in [1.807, 2.05) is 6.08 Å². The molecule has 0 amide bonds. The Hall–Kier alpha value is -0.350. The summed E-state index contributed by atoms with van der Waals surface area (Å²) in [5.41, 5.74) is 0. The van der Waals surface area contributed by atoms with E-state index in [-0.39, 0.29) is 5.25 Å². The van der Waals surface area contributed by atoms with Gasteiger partial charge in [0.1, 0.15) is 0 Å². The lowest BCUT2D eigenvalue weighted by Crippen LogP contribution is -2.32. The monoisotopic (exact) mass is 189 g/mol. The Labute approximate surface area is 73.7 Å². The quantitative estimate of drug-likeness (QED) is 0.659. The molecule has 0 aromatic heterocycles. The predicted molar refractivity (Wildman–Crippen MR) is 49.1 cm³/mol. The van der Waals surface area contributed by atoms with Crippen molar-refractivity contribution in [2.45, 2.75) is 30.9 Å². The summed E-state index contributed by atoms with van der Waals surface area (Å²) in [7, 11) is -3.32. The molecule has 0 aliphatic heterocycles. The maximum absolute atomic E-state index is 11.0. The minimum Gasteiger partial charge on any atom is -0.228 e. The molecule has 0 aromatic carbocycles. The van der Waals surface area contributed by atoms with Crippen molar-refractivity contribution < 1.29 is 8.42 Å². The van der Waals surface area contributed by atoms with E-state index >= 15 is 0 Å². The van der Waals surface area contributed by atoms with E-state index in [0.29, 0.717) is 18.8 Å². The highest BCUT2D eigenvalue weighted by Crippen LogP contribution is 2.27. The Morgan fingerprint density at radius 3 is 2.58 bits per heavy atom. The molecule has 4 heteroatoms. The summed E-state index contributed by atoms with van der Waals surface area (Å²) in [6, 6.07) is 0. The molecule has 1 aliphatic carbocycles. The van der Waals surface area contributed by atoms with Crippen LogP contribution in [0.5, 0.6) is 0 Å². The van der Waals surface area contributed by atoms with Crippen molar-refractivity contribution in [3.63, 3.8) is 0 Å².